The summed E-state index contributed by atoms with van der Waals surface area (Å²) in [6.07, 6.45) is -0.131. The van der Waals surface area contributed by atoms with E-state index in [0.717, 1.165) is 33.2 Å². The van der Waals surface area contributed by atoms with E-state index < -0.39 is 12.0 Å². The number of hydrogen-bond acceptors (Lipinski definition) is 4. The Balaban J connectivity index is 0.00000225. The zero-order valence-corrected chi connectivity index (χ0v) is 17.9. The first-order valence-electron chi connectivity index (χ1n) is 8.50. The average molecular weight is 438 g/mol. The normalized spacial score (nSPS) is 15.1. The number of rotatable bonds is 3. The smallest absolute Gasteiger partial charge is 0.308 e. The van der Waals surface area contributed by atoms with Gasteiger partial charge in [0.15, 0.2) is 11.0 Å². The second-order valence-electron chi connectivity index (χ2n) is 6.56. The molecule has 1 aliphatic heterocycles. The van der Waals surface area contributed by atoms with Crippen LogP contribution in [0.15, 0.2) is 29.3 Å². The van der Waals surface area contributed by atoms with Gasteiger partial charge in [-0.2, -0.15) is 4.57 Å². The van der Waals surface area contributed by atoms with Crippen LogP contribution >= 0.6 is 35.3 Å². The Morgan fingerprint density at radius 2 is 1.96 bits per heavy atom. The molecule has 1 unspecified atom stereocenters. The Hall–Kier alpha value is -2.22. The average Bonchev–Trinajstić information content (AvgIpc) is 3.08. The highest BCUT2D eigenvalue weighted by Gasteiger charge is 2.37. The molecule has 1 atom stereocenters. The number of aromatic nitrogens is 3. The Morgan fingerprint density at radius 3 is 2.61 bits per heavy atom. The van der Waals surface area contributed by atoms with E-state index in [-0.39, 0.29) is 18.8 Å². The van der Waals surface area contributed by atoms with Crippen molar-refractivity contribution in [3.05, 3.63) is 62.5 Å². The first-order chi connectivity index (χ1) is 12.9. The van der Waals surface area contributed by atoms with E-state index in [1.54, 1.807) is 11.3 Å². The molecule has 2 N–H and O–H groups in total. The molecule has 0 saturated carbocycles. The van der Waals surface area contributed by atoms with Crippen LogP contribution in [0, 0.1) is 20.8 Å². The minimum atomic E-state index is -0.912. The summed E-state index contributed by atoms with van der Waals surface area (Å²) in [6.45, 7) is 6.08. The number of carboxylic acids is 1. The van der Waals surface area contributed by atoms with Gasteiger partial charge >= 0.3 is 11.8 Å². The lowest BCUT2D eigenvalue weighted by molar-refractivity contribution is -0.608. The number of aliphatic carboxylic acids is 1. The molecule has 2 aromatic heterocycles. The van der Waals surface area contributed by atoms with Crippen LogP contribution in [-0.2, 0) is 4.79 Å². The van der Waals surface area contributed by atoms with Crippen LogP contribution in [-0.4, -0.2) is 27.0 Å². The molecule has 9 heteroatoms. The van der Waals surface area contributed by atoms with Crippen molar-refractivity contribution in [2.24, 2.45) is 4.99 Å². The monoisotopic (exact) mass is 437 g/mol. The van der Waals surface area contributed by atoms with E-state index in [9.17, 15) is 9.90 Å². The van der Waals surface area contributed by atoms with Crippen LogP contribution in [0.1, 0.15) is 45.7 Å². The number of nitrogens with zero attached hydrogens (tertiary/aromatic N) is 3. The van der Waals surface area contributed by atoms with E-state index >= 15 is 0 Å². The molecule has 146 valence electrons. The second kappa shape index (κ2) is 7.66. The third-order valence-electron chi connectivity index (χ3n) is 4.77. The topological polar surface area (TPSA) is 82.2 Å². The predicted octanol–water partition coefficient (Wildman–Crippen LogP) is 4.12. The maximum atomic E-state index is 11.5. The molecule has 0 spiro atoms. The van der Waals surface area contributed by atoms with Crippen LogP contribution in [0.4, 0.5) is 0 Å². The van der Waals surface area contributed by atoms with E-state index in [2.05, 4.69) is 24.0 Å². The number of aliphatic imine (C=N–C) groups is 1. The fourth-order valence-electron chi connectivity index (χ4n) is 3.34. The minimum Gasteiger partial charge on any atom is -0.481 e. The van der Waals surface area contributed by atoms with Crippen molar-refractivity contribution in [1.82, 2.24) is 10.2 Å². The minimum absolute atomic E-state index is 0. The van der Waals surface area contributed by atoms with E-state index in [1.807, 2.05) is 35.8 Å². The van der Waals surface area contributed by atoms with Gasteiger partial charge in [0.2, 0.25) is 5.82 Å². The van der Waals surface area contributed by atoms with Crippen LogP contribution in [0.3, 0.4) is 0 Å². The fraction of sp³-hybridized carbons (Fsp3) is 0.263. The molecule has 3 aromatic rings. The van der Waals surface area contributed by atoms with Crippen LogP contribution in [0.5, 0.6) is 0 Å². The number of halogens is 2. The Bertz CT molecular complexity index is 1090. The number of nitrogens with one attached hydrogen (secondary N) is 1. The highest BCUT2D eigenvalue weighted by atomic mass is 35.5. The van der Waals surface area contributed by atoms with E-state index in [4.69, 9.17) is 16.6 Å². The molecule has 0 fully saturated rings. The van der Waals surface area contributed by atoms with Crippen LogP contribution in [0.25, 0.3) is 5.00 Å². The zero-order chi connectivity index (χ0) is 19.3. The predicted molar refractivity (Wildman–Crippen MR) is 112 cm³/mol. The van der Waals surface area contributed by atoms with Crippen molar-refractivity contribution >= 4 is 47.0 Å². The number of fused-ring (bicyclic) bond motifs is 3. The lowest BCUT2D eigenvalue weighted by atomic mass is 9.99. The van der Waals surface area contributed by atoms with Gasteiger partial charge in [-0.15, -0.1) is 28.8 Å². The van der Waals surface area contributed by atoms with Gasteiger partial charge in [-0.25, -0.2) is 0 Å². The summed E-state index contributed by atoms with van der Waals surface area (Å²) in [6, 6.07) is 6.90. The molecule has 0 saturated heterocycles. The first kappa shape index (κ1) is 20.5. The molecule has 28 heavy (non-hydrogen) atoms. The van der Waals surface area contributed by atoms with Crippen LogP contribution in [0.2, 0.25) is 5.02 Å². The summed E-state index contributed by atoms with van der Waals surface area (Å²) >= 11 is 7.72. The number of aryl methyl sites for hydroxylation is 2. The van der Waals surface area contributed by atoms with Gasteiger partial charge in [-0.05, 0) is 31.5 Å². The van der Waals surface area contributed by atoms with Gasteiger partial charge in [-0.3, -0.25) is 9.79 Å². The summed E-state index contributed by atoms with van der Waals surface area (Å²) < 4.78 is 2.00. The molecule has 1 aliphatic rings. The van der Waals surface area contributed by atoms with Crippen molar-refractivity contribution in [2.45, 2.75) is 33.2 Å². The quantitative estimate of drug-likeness (QED) is 0.604. The largest absolute Gasteiger partial charge is 0.481 e. The highest BCUT2D eigenvalue weighted by Crippen LogP contribution is 2.35. The van der Waals surface area contributed by atoms with Crippen molar-refractivity contribution in [1.29, 1.82) is 0 Å². The number of benzene rings is 1. The Labute approximate surface area is 177 Å². The maximum absolute atomic E-state index is 11.5. The Morgan fingerprint density at radius 1 is 1.29 bits per heavy atom. The molecule has 0 bridgehead atoms. The number of carbonyl (C=O) groups is 1. The third-order valence-corrected chi connectivity index (χ3v) is 6.22. The molecule has 3 heterocycles. The maximum Gasteiger partial charge on any atom is 0.308 e. The highest BCUT2D eigenvalue weighted by molar-refractivity contribution is 7.14. The second-order valence-corrected chi connectivity index (χ2v) is 8.20. The molecule has 6 nitrogen and oxygen atoms in total. The molecule has 1 aromatic carbocycles. The van der Waals surface area contributed by atoms with Gasteiger partial charge in [0, 0.05) is 27.5 Å². The summed E-state index contributed by atoms with van der Waals surface area (Å²) in [7, 11) is 0. The lowest BCUT2D eigenvalue weighted by Crippen LogP contribution is -2.37. The summed E-state index contributed by atoms with van der Waals surface area (Å²) in [5.74, 6) is 0.543. The van der Waals surface area contributed by atoms with Crippen molar-refractivity contribution in [3.8, 4) is 5.00 Å². The molecule has 4 rings (SSSR count). The van der Waals surface area contributed by atoms with Gasteiger partial charge in [0.1, 0.15) is 0 Å². The summed E-state index contributed by atoms with van der Waals surface area (Å²) in [4.78, 5) is 17.6. The van der Waals surface area contributed by atoms with Gasteiger partial charge in [-0.1, -0.05) is 23.7 Å². The number of carboxylic acid groups (broad SMARTS) is 1. The molecule has 0 radical (unpaired) electrons. The zero-order valence-electron chi connectivity index (χ0n) is 15.5. The molecule has 0 aliphatic carbocycles. The molecular formula is C19H19Cl2N4O2S+. The van der Waals surface area contributed by atoms with Gasteiger partial charge < -0.3 is 5.11 Å². The lowest BCUT2D eigenvalue weighted by Gasteiger charge is -2.09. The van der Waals surface area contributed by atoms with Crippen LogP contribution < -0.4 is 4.57 Å². The first-order valence-corrected chi connectivity index (χ1v) is 9.69. The summed E-state index contributed by atoms with van der Waals surface area (Å²) in [5, 5.41) is 18.4. The SMILES string of the molecule is Cc1sc2c(c1C)C(c1ccc(Cl)cc1)=NC(CC(=O)O)c1n[nH]c(C)[n+]1-2.Cl. The van der Waals surface area contributed by atoms with Gasteiger partial charge in [0.25, 0.3) is 0 Å². The molecular weight excluding hydrogens is 419 g/mol. The van der Waals surface area contributed by atoms with Crippen molar-refractivity contribution < 1.29 is 14.5 Å². The number of hydrogen-bond donors (Lipinski definition) is 2. The fourth-order valence-corrected chi connectivity index (χ4v) is 4.69. The van der Waals surface area contributed by atoms with E-state index in [1.165, 1.54) is 4.88 Å². The van der Waals surface area contributed by atoms with Gasteiger partial charge in [0.05, 0.1) is 17.7 Å². The molecule has 0 amide bonds. The third kappa shape index (κ3) is 3.34. The number of thiophene rings is 1. The van der Waals surface area contributed by atoms with E-state index in [0.29, 0.717) is 10.8 Å². The summed E-state index contributed by atoms with van der Waals surface area (Å²) in [5.41, 5.74) is 3.84. The standard InChI is InChI=1S/C19H17ClN4O2S.ClH/c1-9-10(2)27-19-16(9)17(12-4-6-13(20)7-5-12)21-14(8-15(25)26)18-23-22-11(3)24(18)19;/h4-7,14H,8H2,1-3H3,(H,25,26);1H/p+1. The Kier molecular flexibility index (Phi) is 5.61. The number of H-pyrrole nitrogens is 1. The number of aromatic amines is 1. The van der Waals surface area contributed by atoms with Crippen molar-refractivity contribution in [2.75, 3.05) is 0 Å². The van der Waals surface area contributed by atoms with Crippen molar-refractivity contribution in [3.63, 3.8) is 0 Å².